The van der Waals surface area contributed by atoms with E-state index in [1.54, 1.807) is 24.3 Å². The fourth-order valence-corrected chi connectivity index (χ4v) is 3.31. The van der Waals surface area contributed by atoms with Crippen LogP contribution in [0.25, 0.3) is 5.69 Å². The number of rotatable bonds is 6. The second-order valence-corrected chi connectivity index (χ2v) is 7.43. The molecule has 3 aromatic rings. The Kier molecular flexibility index (Phi) is 5.20. The third kappa shape index (κ3) is 3.89. The summed E-state index contributed by atoms with van der Waals surface area (Å²) in [7, 11) is -4.21. The maximum absolute atomic E-state index is 12.4. The van der Waals surface area contributed by atoms with Crippen molar-refractivity contribution < 1.29 is 18.1 Å². The van der Waals surface area contributed by atoms with Crippen LogP contribution in [0.3, 0.4) is 0 Å². The van der Waals surface area contributed by atoms with Gasteiger partial charge in [-0.25, -0.2) is 13.4 Å². The number of benzene rings is 2. The van der Waals surface area contributed by atoms with Crippen LogP contribution in [0.15, 0.2) is 66.0 Å². The van der Waals surface area contributed by atoms with Crippen molar-refractivity contribution in [1.29, 1.82) is 0 Å². The summed E-state index contributed by atoms with van der Waals surface area (Å²) in [5.41, 5.74) is 2.84. The van der Waals surface area contributed by atoms with Crippen LogP contribution in [0, 0.1) is 17.0 Å². The van der Waals surface area contributed by atoms with Gasteiger partial charge in [-0.3, -0.25) is 24.9 Å². The number of hydrogen-bond acceptors (Lipinski definition) is 6. The van der Waals surface area contributed by atoms with E-state index in [1.807, 2.05) is 10.9 Å². The van der Waals surface area contributed by atoms with E-state index in [9.17, 15) is 23.3 Å². The Labute approximate surface area is 160 Å². The number of aromatic nitrogens is 2. The van der Waals surface area contributed by atoms with Crippen LogP contribution >= 0.6 is 0 Å². The van der Waals surface area contributed by atoms with Gasteiger partial charge >= 0.3 is 0 Å². The minimum atomic E-state index is -4.21. The fourth-order valence-electron chi connectivity index (χ4n) is 2.45. The summed E-state index contributed by atoms with van der Waals surface area (Å²) >= 11 is 0. The van der Waals surface area contributed by atoms with Crippen molar-refractivity contribution in [2.24, 2.45) is 0 Å². The quantitative estimate of drug-likeness (QED) is 0.477. The molecule has 11 heteroatoms. The number of hydrazine groups is 1. The van der Waals surface area contributed by atoms with Gasteiger partial charge in [0, 0.05) is 17.3 Å². The van der Waals surface area contributed by atoms with Crippen molar-refractivity contribution in [1.82, 2.24) is 19.8 Å². The van der Waals surface area contributed by atoms with Crippen molar-refractivity contribution in [3.8, 4) is 5.69 Å². The maximum atomic E-state index is 12.4. The van der Waals surface area contributed by atoms with E-state index in [1.165, 1.54) is 36.1 Å². The summed E-state index contributed by atoms with van der Waals surface area (Å²) in [5, 5.41) is 11.0. The molecule has 0 aliphatic rings. The highest BCUT2D eigenvalue weighted by molar-refractivity contribution is 7.89. The lowest BCUT2D eigenvalue weighted by Crippen LogP contribution is -2.42. The summed E-state index contributed by atoms with van der Waals surface area (Å²) in [6.07, 6.45) is 2.70. The molecule has 3 rings (SSSR count). The van der Waals surface area contributed by atoms with Crippen molar-refractivity contribution in [3.63, 3.8) is 0 Å². The summed E-state index contributed by atoms with van der Waals surface area (Å²) in [6, 6.07) is 12.4. The van der Waals surface area contributed by atoms with Gasteiger partial charge in [0.2, 0.25) is 0 Å². The Morgan fingerprint density at radius 1 is 1.18 bits per heavy atom. The number of aryl methyl sites for hydroxylation is 1. The summed E-state index contributed by atoms with van der Waals surface area (Å²) in [5.74, 6) is -0.744. The minimum absolute atomic E-state index is 0.101. The number of sulfonamides is 1. The number of carbonyl (C=O) groups excluding carboxylic acids is 1. The first-order valence-electron chi connectivity index (χ1n) is 7.94. The molecule has 0 unspecified atom stereocenters. The Morgan fingerprint density at radius 3 is 2.57 bits per heavy atom. The van der Waals surface area contributed by atoms with E-state index < -0.39 is 20.9 Å². The normalized spacial score (nSPS) is 11.2. The van der Waals surface area contributed by atoms with Gasteiger partial charge < -0.3 is 0 Å². The number of nitrogens with zero attached hydrogens (tertiary/aromatic N) is 3. The van der Waals surface area contributed by atoms with Gasteiger partial charge in [0.15, 0.2) is 0 Å². The predicted octanol–water partition coefficient (Wildman–Crippen LogP) is 1.71. The minimum Gasteiger partial charge on any atom is -0.295 e. The van der Waals surface area contributed by atoms with Gasteiger partial charge in [-0.15, -0.1) is 4.83 Å². The second-order valence-electron chi connectivity index (χ2n) is 5.75. The van der Waals surface area contributed by atoms with Crippen LogP contribution in [-0.4, -0.2) is 28.8 Å². The fraction of sp³-hybridized carbons (Fsp3) is 0.0588. The molecule has 0 fully saturated rings. The molecule has 2 N–H and O–H groups in total. The largest absolute Gasteiger partial charge is 0.295 e. The molecule has 0 aliphatic carbocycles. The second kappa shape index (κ2) is 7.58. The standard InChI is InChI=1S/C17H15N5O5S/c1-12-7-8-14(9-15(12)22(24)25)28(26,27)20-19-17(23)16-10-18-11-21(16)13-5-3-2-4-6-13/h2-11,20H,1H3,(H,19,23). The van der Waals surface area contributed by atoms with E-state index in [2.05, 4.69) is 10.4 Å². The smallest absolute Gasteiger partial charge is 0.284 e. The average Bonchev–Trinajstić information content (AvgIpc) is 3.17. The first kappa shape index (κ1) is 19.2. The lowest BCUT2D eigenvalue weighted by atomic mass is 10.2. The van der Waals surface area contributed by atoms with Crippen LogP contribution in [0.1, 0.15) is 16.1 Å². The van der Waals surface area contributed by atoms with E-state index >= 15 is 0 Å². The topological polar surface area (TPSA) is 136 Å². The van der Waals surface area contributed by atoms with Crippen molar-refractivity contribution in [3.05, 3.63) is 82.4 Å². The molecule has 0 saturated heterocycles. The number of nitrogens with one attached hydrogen (secondary N) is 2. The highest BCUT2D eigenvalue weighted by atomic mass is 32.2. The zero-order chi connectivity index (χ0) is 20.3. The number of amides is 1. The molecule has 2 aromatic carbocycles. The van der Waals surface area contributed by atoms with Crippen LogP contribution in [0.5, 0.6) is 0 Å². The van der Waals surface area contributed by atoms with Crippen LogP contribution in [-0.2, 0) is 10.0 Å². The Bertz CT molecular complexity index is 1140. The van der Waals surface area contributed by atoms with Gasteiger partial charge in [0.1, 0.15) is 5.69 Å². The highest BCUT2D eigenvalue weighted by Gasteiger charge is 2.21. The third-order valence-corrected chi connectivity index (χ3v) is 5.14. The van der Waals surface area contributed by atoms with E-state index in [0.29, 0.717) is 11.3 Å². The van der Waals surface area contributed by atoms with Crippen molar-refractivity contribution >= 4 is 21.6 Å². The first-order valence-corrected chi connectivity index (χ1v) is 9.43. The van der Waals surface area contributed by atoms with Crippen LogP contribution < -0.4 is 10.3 Å². The average molecular weight is 401 g/mol. The molecule has 1 amide bonds. The van der Waals surface area contributed by atoms with E-state index in [4.69, 9.17) is 0 Å². The summed E-state index contributed by atoms with van der Waals surface area (Å²) < 4.78 is 26.2. The highest BCUT2D eigenvalue weighted by Crippen LogP contribution is 2.21. The van der Waals surface area contributed by atoms with Crippen molar-refractivity contribution in [2.75, 3.05) is 0 Å². The Balaban J connectivity index is 1.79. The molecule has 1 heterocycles. The number of nitro groups is 1. The molecule has 1 aromatic heterocycles. The monoisotopic (exact) mass is 401 g/mol. The van der Waals surface area contributed by atoms with Gasteiger partial charge in [0.05, 0.1) is 22.3 Å². The van der Waals surface area contributed by atoms with Gasteiger partial charge in [-0.1, -0.05) is 24.3 Å². The zero-order valence-electron chi connectivity index (χ0n) is 14.6. The Morgan fingerprint density at radius 2 is 1.89 bits per heavy atom. The molecule has 28 heavy (non-hydrogen) atoms. The third-order valence-electron chi connectivity index (χ3n) is 3.89. The zero-order valence-corrected chi connectivity index (χ0v) is 15.4. The molecule has 0 bridgehead atoms. The van der Waals surface area contributed by atoms with Crippen LogP contribution in [0.2, 0.25) is 0 Å². The number of nitro benzene ring substituents is 1. The maximum Gasteiger partial charge on any atom is 0.284 e. The predicted molar refractivity (Wildman–Crippen MR) is 99.2 cm³/mol. The Hall–Kier alpha value is -3.57. The van der Waals surface area contributed by atoms with Gasteiger partial charge in [0.25, 0.3) is 21.6 Å². The molecule has 0 aliphatic heterocycles. The molecule has 0 radical (unpaired) electrons. The van der Waals surface area contributed by atoms with Crippen LogP contribution in [0.4, 0.5) is 5.69 Å². The van der Waals surface area contributed by atoms with E-state index in [0.717, 1.165) is 6.07 Å². The SMILES string of the molecule is Cc1ccc(S(=O)(=O)NNC(=O)c2cncn2-c2ccccc2)cc1[N+](=O)[O-]. The summed E-state index contributed by atoms with van der Waals surface area (Å²) in [4.78, 5) is 28.2. The number of hydrogen-bond donors (Lipinski definition) is 2. The molecule has 0 atom stereocenters. The van der Waals surface area contributed by atoms with Crippen molar-refractivity contribution in [2.45, 2.75) is 11.8 Å². The van der Waals surface area contributed by atoms with Gasteiger partial charge in [-0.2, -0.15) is 0 Å². The molecule has 10 nitrogen and oxygen atoms in total. The molecule has 0 saturated carbocycles. The van der Waals surface area contributed by atoms with Gasteiger partial charge in [-0.05, 0) is 25.1 Å². The number of imidazole rings is 1. The lowest BCUT2D eigenvalue weighted by molar-refractivity contribution is -0.385. The number of carbonyl (C=O) groups is 1. The summed E-state index contributed by atoms with van der Waals surface area (Å²) in [6.45, 7) is 1.49. The molecular weight excluding hydrogens is 386 g/mol. The molecule has 0 spiro atoms. The van der Waals surface area contributed by atoms with E-state index in [-0.39, 0.29) is 16.3 Å². The molecular formula is C17H15N5O5S. The lowest BCUT2D eigenvalue weighted by Gasteiger charge is -2.10. The first-order chi connectivity index (χ1) is 13.3. The number of para-hydroxylation sites is 1. The molecule has 144 valence electrons.